The number of benzene rings is 1. The minimum Gasteiger partial charge on any atom is -0.496 e. The van der Waals surface area contributed by atoms with E-state index >= 15 is 0 Å². The Hall–Kier alpha value is -1.80. The Balaban J connectivity index is 2.41. The number of thiazole rings is 1. The third-order valence-corrected chi connectivity index (χ3v) is 5.39. The fraction of sp³-hybridized carbons (Fsp3) is 0.526. The monoisotopic (exact) mass is 401 g/mol. The van der Waals surface area contributed by atoms with Crippen molar-refractivity contribution in [2.45, 2.75) is 39.4 Å². The Kier molecular flexibility index (Phi) is 7.49. The summed E-state index contributed by atoms with van der Waals surface area (Å²) in [6.45, 7) is 6.86. The standard InChI is InChI=1S/C19H26F3N3OS/c1-5-7-10-25(6-2)12-16-17(24-18(23-3)27-16)13-8-9-14(19(20,21)22)15(11-13)26-4/h8-9,11H,5-7,10,12H2,1-4H3,(H,23,24). The van der Waals surface area contributed by atoms with Gasteiger partial charge < -0.3 is 10.1 Å². The third kappa shape index (κ3) is 5.35. The van der Waals surface area contributed by atoms with Crippen LogP contribution in [0.3, 0.4) is 0 Å². The quantitative estimate of drug-likeness (QED) is 0.602. The van der Waals surface area contributed by atoms with Gasteiger partial charge in [0, 0.05) is 24.0 Å². The summed E-state index contributed by atoms with van der Waals surface area (Å²) in [5.41, 5.74) is 0.544. The molecule has 1 aromatic heterocycles. The minimum atomic E-state index is -4.45. The van der Waals surface area contributed by atoms with Gasteiger partial charge in [0.05, 0.1) is 18.4 Å². The molecule has 0 aliphatic rings. The maximum Gasteiger partial charge on any atom is 0.419 e. The van der Waals surface area contributed by atoms with Gasteiger partial charge >= 0.3 is 6.18 Å². The first-order chi connectivity index (χ1) is 12.8. The Morgan fingerprint density at radius 2 is 2.00 bits per heavy atom. The van der Waals surface area contributed by atoms with Gasteiger partial charge in [-0.05, 0) is 31.6 Å². The van der Waals surface area contributed by atoms with E-state index in [0.29, 0.717) is 17.8 Å². The van der Waals surface area contributed by atoms with Crippen LogP contribution in [0.4, 0.5) is 18.3 Å². The first-order valence-corrected chi connectivity index (χ1v) is 9.81. The summed E-state index contributed by atoms with van der Waals surface area (Å²) in [4.78, 5) is 7.93. The van der Waals surface area contributed by atoms with E-state index < -0.39 is 11.7 Å². The molecule has 0 aliphatic carbocycles. The molecule has 0 fully saturated rings. The summed E-state index contributed by atoms with van der Waals surface area (Å²) in [6.07, 6.45) is -2.23. The number of unbranched alkanes of at least 4 members (excludes halogenated alkanes) is 1. The molecule has 27 heavy (non-hydrogen) atoms. The molecule has 1 aromatic carbocycles. The number of hydrogen-bond donors (Lipinski definition) is 1. The van der Waals surface area contributed by atoms with Gasteiger partial charge in [0.2, 0.25) is 0 Å². The van der Waals surface area contributed by atoms with Crippen molar-refractivity contribution in [3.05, 3.63) is 28.6 Å². The fourth-order valence-corrected chi connectivity index (χ4v) is 3.78. The zero-order valence-electron chi connectivity index (χ0n) is 16.1. The lowest BCUT2D eigenvalue weighted by Crippen LogP contribution is -2.23. The average Bonchev–Trinajstić information content (AvgIpc) is 3.06. The molecule has 1 N–H and O–H groups in total. The van der Waals surface area contributed by atoms with Crippen LogP contribution >= 0.6 is 11.3 Å². The van der Waals surface area contributed by atoms with Crippen LogP contribution < -0.4 is 10.1 Å². The number of ether oxygens (including phenoxy) is 1. The summed E-state index contributed by atoms with van der Waals surface area (Å²) in [6, 6.07) is 3.94. The molecule has 2 aromatic rings. The topological polar surface area (TPSA) is 37.4 Å². The third-order valence-electron chi connectivity index (χ3n) is 4.33. The van der Waals surface area contributed by atoms with E-state index in [0.717, 1.165) is 42.0 Å². The van der Waals surface area contributed by atoms with Crippen molar-refractivity contribution in [1.29, 1.82) is 0 Å². The Morgan fingerprint density at radius 1 is 1.26 bits per heavy atom. The predicted molar refractivity (Wildman–Crippen MR) is 105 cm³/mol. The summed E-state index contributed by atoms with van der Waals surface area (Å²) in [5, 5.41) is 3.77. The van der Waals surface area contributed by atoms with Gasteiger partial charge in [0.15, 0.2) is 5.13 Å². The molecule has 1 heterocycles. The number of aromatic nitrogens is 1. The molecule has 0 unspecified atom stereocenters. The Bertz CT molecular complexity index is 746. The van der Waals surface area contributed by atoms with E-state index in [9.17, 15) is 13.2 Å². The maximum atomic E-state index is 13.1. The zero-order chi connectivity index (χ0) is 20.0. The van der Waals surface area contributed by atoms with E-state index in [-0.39, 0.29) is 5.75 Å². The second kappa shape index (κ2) is 9.41. The van der Waals surface area contributed by atoms with Crippen LogP contribution in [0.25, 0.3) is 11.3 Å². The second-order valence-corrected chi connectivity index (χ2v) is 7.26. The summed E-state index contributed by atoms with van der Waals surface area (Å²) >= 11 is 1.53. The largest absolute Gasteiger partial charge is 0.496 e. The van der Waals surface area contributed by atoms with Crippen molar-refractivity contribution in [2.75, 3.05) is 32.6 Å². The molecule has 0 radical (unpaired) electrons. The van der Waals surface area contributed by atoms with Crippen LogP contribution in [-0.4, -0.2) is 37.1 Å². The predicted octanol–water partition coefficient (Wildman–Crippen LogP) is 5.50. The van der Waals surface area contributed by atoms with E-state index in [1.165, 1.54) is 30.6 Å². The molecule has 0 saturated heterocycles. The smallest absolute Gasteiger partial charge is 0.419 e. The summed E-state index contributed by atoms with van der Waals surface area (Å²) in [5.74, 6) is -0.191. The molecule has 0 saturated carbocycles. The molecular formula is C19H26F3N3OS. The molecule has 0 amide bonds. The van der Waals surface area contributed by atoms with E-state index in [2.05, 4.69) is 29.0 Å². The molecule has 4 nitrogen and oxygen atoms in total. The Labute approximate surface area is 162 Å². The van der Waals surface area contributed by atoms with Gasteiger partial charge in [-0.25, -0.2) is 4.98 Å². The number of nitrogens with one attached hydrogen (secondary N) is 1. The van der Waals surface area contributed by atoms with Gasteiger partial charge in [-0.3, -0.25) is 4.90 Å². The first kappa shape index (κ1) is 21.5. The molecule has 8 heteroatoms. The highest BCUT2D eigenvalue weighted by Gasteiger charge is 2.34. The lowest BCUT2D eigenvalue weighted by molar-refractivity contribution is -0.138. The summed E-state index contributed by atoms with van der Waals surface area (Å²) < 4.78 is 44.4. The van der Waals surface area contributed by atoms with Gasteiger partial charge in [0.1, 0.15) is 5.75 Å². The average molecular weight is 401 g/mol. The molecule has 0 bridgehead atoms. The van der Waals surface area contributed by atoms with Gasteiger partial charge in [-0.1, -0.05) is 26.3 Å². The number of hydrogen-bond acceptors (Lipinski definition) is 5. The minimum absolute atomic E-state index is 0.191. The van der Waals surface area contributed by atoms with Crippen molar-refractivity contribution >= 4 is 16.5 Å². The molecule has 0 spiro atoms. The van der Waals surface area contributed by atoms with Crippen LogP contribution in [0.15, 0.2) is 18.2 Å². The number of halogens is 3. The summed E-state index contributed by atoms with van der Waals surface area (Å²) in [7, 11) is 3.04. The second-order valence-electron chi connectivity index (χ2n) is 6.18. The van der Waals surface area contributed by atoms with Crippen LogP contribution in [0, 0.1) is 0 Å². The van der Waals surface area contributed by atoms with Crippen molar-refractivity contribution < 1.29 is 17.9 Å². The van der Waals surface area contributed by atoms with Crippen molar-refractivity contribution in [3.63, 3.8) is 0 Å². The van der Waals surface area contributed by atoms with Crippen molar-refractivity contribution in [3.8, 4) is 17.0 Å². The number of nitrogens with zero attached hydrogens (tertiary/aromatic N) is 2. The van der Waals surface area contributed by atoms with Gasteiger partial charge in [-0.2, -0.15) is 13.2 Å². The van der Waals surface area contributed by atoms with E-state index in [1.54, 1.807) is 7.05 Å². The lowest BCUT2D eigenvalue weighted by Gasteiger charge is -2.20. The van der Waals surface area contributed by atoms with Crippen LogP contribution in [0.2, 0.25) is 0 Å². The molecule has 0 aliphatic heterocycles. The number of anilines is 1. The van der Waals surface area contributed by atoms with E-state index in [1.807, 2.05) is 0 Å². The molecular weight excluding hydrogens is 375 g/mol. The number of methoxy groups -OCH3 is 1. The lowest BCUT2D eigenvalue weighted by atomic mass is 10.1. The first-order valence-electron chi connectivity index (χ1n) is 8.99. The fourth-order valence-electron chi connectivity index (χ4n) is 2.80. The molecule has 2 rings (SSSR count). The van der Waals surface area contributed by atoms with Gasteiger partial charge in [0.25, 0.3) is 0 Å². The normalized spacial score (nSPS) is 11.9. The van der Waals surface area contributed by atoms with Crippen molar-refractivity contribution in [1.82, 2.24) is 9.88 Å². The SMILES string of the molecule is CCCCN(CC)Cc1sc(NC)nc1-c1ccc(C(F)(F)F)c(OC)c1. The Morgan fingerprint density at radius 3 is 2.56 bits per heavy atom. The van der Waals surface area contributed by atoms with Crippen molar-refractivity contribution in [2.24, 2.45) is 0 Å². The molecule has 150 valence electrons. The highest BCUT2D eigenvalue weighted by molar-refractivity contribution is 7.16. The molecule has 0 atom stereocenters. The van der Waals surface area contributed by atoms with E-state index in [4.69, 9.17) is 4.74 Å². The highest BCUT2D eigenvalue weighted by Crippen LogP contribution is 2.40. The highest BCUT2D eigenvalue weighted by atomic mass is 32.1. The van der Waals surface area contributed by atoms with Crippen LogP contribution in [-0.2, 0) is 12.7 Å². The number of rotatable bonds is 9. The maximum absolute atomic E-state index is 13.1. The number of alkyl halides is 3. The van der Waals surface area contributed by atoms with Crippen LogP contribution in [0.5, 0.6) is 5.75 Å². The van der Waals surface area contributed by atoms with Gasteiger partial charge in [-0.15, -0.1) is 11.3 Å². The van der Waals surface area contributed by atoms with Crippen LogP contribution in [0.1, 0.15) is 37.1 Å². The zero-order valence-corrected chi connectivity index (χ0v) is 16.9.